The number of fused-ring (bicyclic) bond motifs is 24. The van der Waals surface area contributed by atoms with E-state index in [2.05, 4.69) is 255 Å². The molecule has 18 aromatic rings. The fourth-order valence-electron chi connectivity index (χ4n) is 16.9. The molecule has 0 unspecified atom stereocenters. The molecule has 6 heterocycles. The zero-order valence-electron chi connectivity index (χ0n) is 54.3. The van der Waals surface area contributed by atoms with Crippen LogP contribution in [0.25, 0.3) is 144 Å². The molecule has 0 radical (unpaired) electrons. The van der Waals surface area contributed by atoms with Crippen LogP contribution in [0.1, 0.15) is 44.5 Å². The lowest BCUT2D eigenvalue weighted by Gasteiger charge is -2.39. The van der Waals surface area contributed by atoms with E-state index in [1.165, 1.54) is 64.7 Å². The average Bonchev–Trinajstić information content (AvgIpc) is 1.51. The van der Waals surface area contributed by atoms with Gasteiger partial charge in [0.05, 0.1) is 10.8 Å². The van der Waals surface area contributed by atoms with Crippen molar-refractivity contribution in [3.63, 3.8) is 0 Å². The minimum atomic E-state index is -0.759. The number of rotatable bonds is 7. The zero-order valence-corrected chi connectivity index (χ0v) is 55.2. The van der Waals surface area contributed by atoms with Gasteiger partial charge in [0.25, 0.3) is 0 Å². The quantitative estimate of drug-likeness (QED) is 0.154. The van der Waals surface area contributed by atoms with Gasteiger partial charge < -0.3 is 13.9 Å². The molecule has 2 aliphatic heterocycles. The van der Waals surface area contributed by atoms with Gasteiger partial charge in [0.15, 0.2) is 34.9 Å². The van der Waals surface area contributed by atoms with E-state index in [-0.39, 0.29) is 0 Å². The van der Waals surface area contributed by atoms with E-state index < -0.39 is 10.8 Å². The van der Waals surface area contributed by atoms with Crippen molar-refractivity contribution in [1.29, 1.82) is 0 Å². The third-order valence-electron chi connectivity index (χ3n) is 21.4. The molecule has 0 atom stereocenters. The zero-order chi connectivity index (χ0) is 66.8. The summed E-state index contributed by atoms with van der Waals surface area (Å²) in [4.78, 5) is 31.7. The standard InChI is InChI=1S/C92H52N6O3S/c1-2-18-54(19-3-1)85-93-88(98-90(94-85)60-39-44-68-67-25-9-17-33-83(67)102-84(68)52-60)59-41-46-75-82(51-59)101-79-47-42-56(48-76(79)92(75)71-28-12-6-22-63(71)64-23-7-13-29-72(64)92)53-34-36-55(37-35-53)86-95-87(57-38-43-66-65-24-8-15-31-77(65)99-80(66)49-57)97-89(96-86)58-40-45-74-81(50-58)100-78-32-16-14-30-73(78)91(74)69-26-10-4-20-61(69)62-21-5-11-27-70(62)91/h1-52H. The molecule has 10 heteroatoms. The van der Waals surface area contributed by atoms with Crippen LogP contribution >= 0.6 is 11.3 Å². The lowest BCUT2D eigenvalue weighted by atomic mass is 9.65. The Balaban J connectivity index is 0.663. The van der Waals surface area contributed by atoms with E-state index in [9.17, 15) is 0 Å². The van der Waals surface area contributed by atoms with Crippen LogP contribution in [0.15, 0.2) is 320 Å². The molecule has 0 fully saturated rings. The molecule has 102 heavy (non-hydrogen) atoms. The number of ether oxygens (including phenoxy) is 2. The topological polar surface area (TPSA) is 109 Å². The number of para-hydroxylation sites is 2. The van der Waals surface area contributed by atoms with Crippen LogP contribution in [-0.4, -0.2) is 29.9 Å². The first-order valence-corrected chi connectivity index (χ1v) is 35.1. The molecule has 14 aromatic carbocycles. The van der Waals surface area contributed by atoms with E-state index in [0.717, 1.165) is 112 Å². The summed E-state index contributed by atoms with van der Waals surface area (Å²) in [6.45, 7) is 0. The molecule has 0 N–H and O–H groups in total. The fraction of sp³-hybridized carbons (Fsp3) is 0.0217. The number of furan rings is 1. The molecule has 0 saturated carbocycles. The molecule has 9 nitrogen and oxygen atoms in total. The Morgan fingerprint density at radius 3 is 1.20 bits per heavy atom. The summed E-state index contributed by atoms with van der Waals surface area (Å²) in [5.41, 5.74) is 21.2. The SMILES string of the molecule is c1ccc(-c2nc(-c3ccc4c(c3)Oc3ccc(-c5ccc(-c6nc(-c7ccc8c(c7)Oc7ccccc7C87c8ccccc8-c8ccccc87)nc(-c7ccc8c(c7)oc7ccccc78)n6)cc5)cc3C43c4ccccc4-c4ccccc43)nc(-c3ccc4c(c3)sc3ccccc34)n2)cc1. The average molecular weight is 1320 g/mol. The van der Waals surface area contributed by atoms with Gasteiger partial charge in [-0.05, 0) is 116 Å². The summed E-state index contributed by atoms with van der Waals surface area (Å²) in [6, 6.07) is 111. The van der Waals surface area contributed by atoms with E-state index in [1.807, 2.05) is 60.7 Å². The summed E-state index contributed by atoms with van der Waals surface area (Å²) in [6.07, 6.45) is 0. The maximum Gasteiger partial charge on any atom is 0.164 e. The predicted octanol–water partition coefficient (Wildman–Crippen LogP) is 22.9. The van der Waals surface area contributed by atoms with Gasteiger partial charge >= 0.3 is 0 Å². The molecule has 2 spiro atoms. The van der Waals surface area contributed by atoms with Crippen LogP contribution in [0.2, 0.25) is 0 Å². The number of hydrogen-bond donors (Lipinski definition) is 0. The molecule has 0 saturated heterocycles. The molecule has 4 aromatic heterocycles. The molecule has 4 aliphatic rings. The van der Waals surface area contributed by atoms with E-state index in [1.54, 1.807) is 11.3 Å². The summed E-state index contributed by atoms with van der Waals surface area (Å²) in [7, 11) is 0. The van der Waals surface area contributed by atoms with Gasteiger partial charge in [0, 0.05) is 86.6 Å². The van der Waals surface area contributed by atoms with Crippen molar-refractivity contribution >= 4 is 53.4 Å². The molecule has 22 rings (SSSR count). The first-order valence-electron chi connectivity index (χ1n) is 34.3. The predicted molar refractivity (Wildman–Crippen MR) is 406 cm³/mol. The second kappa shape index (κ2) is 21.6. The first-order chi connectivity index (χ1) is 50.5. The Morgan fingerprint density at radius 2 is 0.598 bits per heavy atom. The highest BCUT2D eigenvalue weighted by Crippen LogP contribution is 2.64. The van der Waals surface area contributed by atoms with Crippen molar-refractivity contribution in [2.75, 3.05) is 0 Å². The van der Waals surface area contributed by atoms with Crippen LogP contribution in [-0.2, 0) is 10.8 Å². The Bertz CT molecular complexity index is 6520. The number of thiophene rings is 1. The number of hydrogen-bond acceptors (Lipinski definition) is 10. The second-order valence-electron chi connectivity index (χ2n) is 26.7. The van der Waals surface area contributed by atoms with Gasteiger partial charge in [-0.25, -0.2) is 29.9 Å². The lowest BCUT2D eigenvalue weighted by molar-refractivity contribution is 0.436. The van der Waals surface area contributed by atoms with Crippen molar-refractivity contribution in [1.82, 2.24) is 29.9 Å². The van der Waals surface area contributed by atoms with Gasteiger partial charge in [-0.1, -0.05) is 255 Å². The molecule has 474 valence electrons. The van der Waals surface area contributed by atoms with Crippen LogP contribution in [0.4, 0.5) is 0 Å². The monoisotopic (exact) mass is 1320 g/mol. The largest absolute Gasteiger partial charge is 0.457 e. The van der Waals surface area contributed by atoms with Gasteiger partial charge in [0.2, 0.25) is 0 Å². The van der Waals surface area contributed by atoms with E-state index >= 15 is 0 Å². The molecular weight excluding hydrogens is 1270 g/mol. The maximum absolute atomic E-state index is 7.26. The van der Waals surface area contributed by atoms with Crippen LogP contribution < -0.4 is 9.47 Å². The molecule has 0 amide bonds. The van der Waals surface area contributed by atoms with Crippen LogP contribution in [0.5, 0.6) is 23.0 Å². The van der Waals surface area contributed by atoms with Gasteiger partial charge in [-0.15, -0.1) is 11.3 Å². The molecule has 0 bridgehead atoms. The van der Waals surface area contributed by atoms with Crippen molar-refractivity contribution in [2.45, 2.75) is 10.8 Å². The van der Waals surface area contributed by atoms with E-state index in [0.29, 0.717) is 34.9 Å². The minimum Gasteiger partial charge on any atom is -0.457 e. The summed E-state index contributed by atoms with van der Waals surface area (Å²) >= 11 is 1.78. The highest BCUT2D eigenvalue weighted by molar-refractivity contribution is 7.25. The summed E-state index contributed by atoms with van der Waals surface area (Å²) in [5.74, 6) is 6.34. The van der Waals surface area contributed by atoms with E-state index in [4.69, 9.17) is 43.8 Å². The Labute approximate surface area is 589 Å². The molecular formula is C92H52N6O3S. The van der Waals surface area contributed by atoms with Gasteiger partial charge in [-0.3, -0.25) is 0 Å². The van der Waals surface area contributed by atoms with Crippen LogP contribution in [0, 0.1) is 0 Å². The maximum atomic E-state index is 7.26. The smallest absolute Gasteiger partial charge is 0.164 e. The van der Waals surface area contributed by atoms with Crippen molar-refractivity contribution in [3.8, 4) is 125 Å². The van der Waals surface area contributed by atoms with Crippen molar-refractivity contribution in [3.05, 3.63) is 360 Å². The second-order valence-corrected chi connectivity index (χ2v) is 27.8. The van der Waals surface area contributed by atoms with Gasteiger partial charge in [-0.2, -0.15) is 0 Å². The summed E-state index contributed by atoms with van der Waals surface area (Å²) in [5, 5.41) is 4.54. The van der Waals surface area contributed by atoms with Crippen molar-refractivity contribution < 1.29 is 13.9 Å². The third-order valence-corrected chi connectivity index (χ3v) is 22.5. The lowest BCUT2D eigenvalue weighted by Crippen LogP contribution is -2.32. The highest BCUT2D eigenvalue weighted by atomic mass is 32.1. The summed E-state index contributed by atoms with van der Waals surface area (Å²) < 4.78 is 23.2. The Hall–Kier alpha value is -13.3. The van der Waals surface area contributed by atoms with Crippen molar-refractivity contribution in [2.24, 2.45) is 0 Å². The van der Waals surface area contributed by atoms with Gasteiger partial charge in [0.1, 0.15) is 34.2 Å². The number of aromatic nitrogens is 6. The van der Waals surface area contributed by atoms with Crippen LogP contribution in [0.3, 0.4) is 0 Å². The third kappa shape index (κ3) is 8.20. The Morgan fingerprint density at radius 1 is 0.216 bits per heavy atom. The number of benzene rings is 14. The normalized spacial score (nSPS) is 13.6. The first kappa shape index (κ1) is 56.7. The fourth-order valence-corrected chi connectivity index (χ4v) is 18.0. The Kier molecular flexibility index (Phi) is 12.0. The highest BCUT2D eigenvalue weighted by Gasteiger charge is 2.53. The molecule has 2 aliphatic carbocycles. The minimum absolute atomic E-state index is 0.510. The number of nitrogens with zero attached hydrogens (tertiary/aromatic N) is 6.